The fourth-order valence-corrected chi connectivity index (χ4v) is 1.82. The molecule has 1 saturated heterocycles. The molecule has 0 aliphatic carbocycles. The topological polar surface area (TPSA) is 71.6 Å². The van der Waals surface area contributed by atoms with Crippen molar-refractivity contribution < 1.29 is 27.5 Å². The van der Waals surface area contributed by atoms with Gasteiger partial charge in [0.2, 0.25) is 5.89 Å². The lowest BCUT2D eigenvalue weighted by molar-refractivity contribution is -0.146. The zero-order valence-electron chi connectivity index (χ0n) is 9.52. The van der Waals surface area contributed by atoms with Crippen molar-refractivity contribution in [2.45, 2.75) is 24.9 Å². The number of methoxy groups -OCH3 is 1. The van der Waals surface area contributed by atoms with Gasteiger partial charge in [0.25, 0.3) is 5.82 Å². The predicted molar refractivity (Wildman–Crippen MR) is 51.4 cm³/mol. The maximum Gasteiger partial charge on any atom is 0.455 e. The van der Waals surface area contributed by atoms with Gasteiger partial charge in [0.1, 0.15) is 0 Å². The smallest absolute Gasteiger partial charge is 0.389 e. The lowest BCUT2D eigenvalue weighted by atomic mass is 10.3. The van der Waals surface area contributed by atoms with Gasteiger partial charge in [0.05, 0.1) is 18.8 Å². The Morgan fingerprint density at radius 2 is 2.22 bits per heavy atom. The molecule has 102 valence electrons. The van der Waals surface area contributed by atoms with E-state index in [1.165, 1.54) is 7.11 Å². The molecule has 0 spiro atoms. The van der Waals surface area contributed by atoms with Crippen LogP contribution >= 0.6 is 0 Å². The van der Waals surface area contributed by atoms with Gasteiger partial charge in [-0.1, -0.05) is 5.16 Å². The monoisotopic (exact) mass is 267 g/mol. The molecule has 6 nitrogen and oxygen atoms in total. The van der Waals surface area contributed by atoms with E-state index in [0.717, 1.165) is 0 Å². The fraction of sp³-hybridized carbons (Fsp3) is 0.778. The molecule has 1 N–H and O–H groups in total. The molecule has 1 aromatic heterocycles. The summed E-state index contributed by atoms with van der Waals surface area (Å²) in [6.07, 6.45) is -5.63. The number of β-amino-alcohol motifs (C(OH)–C–C–N with tert-alkyl or cyclic N) is 1. The maximum atomic E-state index is 12.2. The SMILES string of the molecule is CO[C@H]1CN(Cc2nc(C(F)(F)F)no2)C[C@@H]1O. The number of aliphatic hydroxyl groups excluding tert-OH is 1. The zero-order chi connectivity index (χ0) is 13.3. The summed E-state index contributed by atoms with van der Waals surface area (Å²) in [5.41, 5.74) is 0. The van der Waals surface area contributed by atoms with Gasteiger partial charge < -0.3 is 14.4 Å². The average Bonchev–Trinajstić information content (AvgIpc) is 2.85. The number of aliphatic hydroxyl groups is 1. The third kappa shape index (κ3) is 2.79. The average molecular weight is 267 g/mol. The van der Waals surface area contributed by atoms with E-state index in [-0.39, 0.29) is 18.5 Å². The van der Waals surface area contributed by atoms with Crippen molar-refractivity contribution in [2.24, 2.45) is 0 Å². The molecule has 2 atom stereocenters. The highest BCUT2D eigenvalue weighted by Crippen LogP contribution is 2.26. The van der Waals surface area contributed by atoms with E-state index < -0.39 is 18.1 Å². The Kier molecular flexibility index (Phi) is 3.55. The van der Waals surface area contributed by atoms with Crippen molar-refractivity contribution in [3.8, 4) is 0 Å². The fourth-order valence-electron chi connectivity index (χ4n) is 1.82. The van der Waals surface area contributed by atoms with Gasteiger partial charge in [-0.2, -0.15) is 18.2 Å². The van der Waals surface area contributed by atoms with E-state index in [9.17, 15) is 18.3 Å². The summed E-state index contributed by atoms with van der Waals surface area (Å²) >= 11 is 0. The highest BCUT2D eigenvalue weighted by Gasteiger charge is 2.38. The van der Waals surface area contributed by atoms with Crippen LogP contribution < -0.4 is 0 Å². The van der Waals surface area contributed by atoms with Crippen LogP contribution in [0.3, 0.4) is 0 Å². The minimum Gasteiger partial charge on any atom is -0.389 e. The Morgan fingerprint density at radius 1 is 1.50 bits per heavy atom. The van der Waals surface area contributed by atoms with Crippen LogP contribution in [0.5, 0.6) is 0 Å². The molecule has 0 bridgehead atoms. The molecular weight excluding hydrogens is 255 g/mol. The lowest BCUT2D eigenvalue weighted by Crippen LogP contribution is -2.25. The van der Waals surface area contributed by atoms with Crippen molar-refractivity contribution in [1.29, 1.82) is 0 Å². The first-order valence-electron chi connectivity index (χ1n) is 5.23. The number of likely N-dealkylation sites (tertiary alicyclic amines) is 1. The Bertz CT molecular complexity index is 409. The molecule has 0 radical (unpaired) electrons. The molecular formula is C9H12F3N3O3. The normalized spacial score (nSPS) is 25.8. The number of ether oxygens (including phenoxy) is 1. The first-order chi connectivity index (χ1) is 8.40. The summed E-state index contributed by atoms with van der Waals surface area (Å²) in [5.74, 6) is -1.42. The molecule has 1 aromatic rings. The Hall–Kier alpha value is -1.19. The van der Waals surface area contributed by atoms with Gasteiger partial charge in [-0.05, 0) is 0 Å². The first-order valence-corrected chi connectivity index (χ1v) is 5.23. The summed E-state index contributed by atoms with van der Waals surface area (Å²) < 4.78 is 46.2. The van der Waals surface area contributed by atoms with Crippen molar-refractivity contribution in [2.75, 3.05) is 20.2 Å². The third-order valence-corrected chi connectivity index (χ3v) is 2.70. The van der Waals surface area contributed by atoms with E-state index in [1.54, 1.807) is 4.90 Å². The van der Waals surface area contributed by atoms with E-state index in [0.29, 0.717) is 13.1 Å². The van der Waals surface area contributed by atoms with Crippen LogP contribution in [0.4, 0.5) is 13.2 Å². The number of alkyl halides is 3. The number of hydrogen-bond donors (Lipinski definition) is 1. The summed E-state index contributed by atoms with van der Waals surface area (Å²) in [5, 5.41) is 12.4. The molecule has 1 aliphatic rings. The second kappa shape index (κ2) is 4.82. The minimum absolute atomic E-state index is 0.0556. The molecule has 2 rings (SSSR count). The van der Waals surface area contributed by atoms with Gasteiger partial charge in [0, 0.05) is 20.2 Å². The summed E-state index contributed by atoms with van der Waals surface area (Å²) in [7, 11) is 1.46. The van der Waals surface area contributed by atoms with Crippen LogP contribution in [0.1, 0.15) is 11.7 Å². The van der Waals surface area contributed by atoms with Gasteiger partial charge in [-0.25, -0.2) is 0 Å². The number of hydrogen-bond acceptors (Lipinski definition) is 6. The minimum atomic E-state index is -4.61. The Balaban J connectivity index is 1.97. The molecule has 1 aliphatic heterocycles. The van der Waals surface area contributed by atoms with E-state index in [4.69, 9.17) is 4.74 Å². The van der Waals surface area contributed by atoms with Crippen molar-refractivity contribution >= 4 is 0 Å². The van der Waals surface area contributed by atoms with Gasteiger partial charge >= 0.3 is 6.18 Å². The Morgan fingerprint density at radius 3 is 2.72 bits per heavy atom. The van der Waals surface area contributed by atoms with E-state index in [1.807, 2.05) is 0 Å². The second-order valence-corrected chi connectivity index (χ2v) is 4.05. The van der Waals surface area contributed by atoms with Crippen molar-refractivity contribution in [1.82, 2.24) is 15.0 Å². The van der Waals surface area contributed by atoms with Crippen molar-refractivity contribution in [3.05, 3.63) is 11.7 Å². The summed E-state index contributed by atoms with van der Waals surface area (Å²) in [6, 6.07) is 0. The molecule has 18 heavy (non-hydrogen) atoms. The van der Waals surface area contributed by atoms with Crippen LogP contribution in [-0.4, -0.2) is 52.6 Å². The molecule has 0 amide bonds. The molecule has 2 heterocycles. The summed E-state index contributed by atoms with van der Waals surface area (Å²) in [6.45, 7) is 0.754. The van der Waals surface area contributed by atoms with Gasteiger partial charge in [-0.3, -0.25) is 4.90 Å². The van der Waals surface area contributed by atoms with Crippen LogP contribution in [-0.2, 0) is 17.5 Å². The van der Waals surface area contributed by atoms with E-state index >= 15 is 0 Å². The van der Waals surface area contributed by atoms with Gasteiger partial charge in [-0.15, -0.1) is 0 Å². The predicted octanol–water partition coefficient (Wildman–Crippen LogP) is 0.280. The molecule has 9 heteroatoms. The molecule has 0 saturated carbocycles. The number of rotatable bonds is 3. The number of aromatic nitrogens is 2. The van der Waals surface area contributed by atoms with E-state index in [2.05, 4.69) is 14.7 Å². The maximum absolute atomic E-state index is 12.2. The van der Waals surface area contributed by atoms with Gasteiger partial charge in [0.15, 0.2) is 0 Å². The third-order valence-electron chi connectivity index (χ3n) is 2.70. The molecule has 1 fully saturated rings. The van der Waals surface area contributed by atoms with Crippen LogP contribution in [0.2, 0.25) is 0 Å². The first kappa shape index (κ1) is 13.2. The molecule has 0 aromatic carbocycles. The summed E-state index contributed by atoms with van der Waals surface area (Å²) in [4.78, 5) is 4.94. The number of halogens is 3. The second-order valence-electron chi connectivity index (χ2n) is 4.05. The van der Waals surface area contributed by atoms with Crippen LogP contribution in [0.25, 0.3) is 0 Å². The quantitative estimate of drug-likeness (QED) is 0.848. The van der Waals surface area contributed by atoms with Crippen LogP contribution in [0, 0.1) is 0 Å². The largest absolute Gasteiger partial charge is 0.455 e. The highest BCUT2D eigenvalue weighted by atomic mass is 19.4. The highest BCUT2D eigenvalue weighted by molar-refractivity contribution is 4.93. The standard InChI is InChI=1S/C9H12F3N3O3/c1-17-6-3-15(2-5(6)16)4-7-13-8(14-18-7)9(10,11)12/h5-6,16H,2-4H2,1H3/t5-,6-/m0/s1. The number of nitrogens with zero attached hydrogens (tertiary/aromatic N) is 3. The Labute approximate surface area is 100 Å². The lowest BCUT2D eigenvalue weighted by Gasteiger charge is -2.11. The molecule has 0 unspecified atom stereocenters. The van der Waals surface area contributed by atoms with Crippen LogP contribution in [0.15, 0.2) is 4.52 Å². The van der Waals surface area contributed by atoms with Crippen molar-refractivity contribution in [3.63, 3.8) is 0 Å². The zero-order valence-corrected chi connectivity index (χ0v) is 9.52.